The van der Waals surface area contributed by atoms with E-state index in [0.717, 1.165) is 81.3 Å². The third-order valence-electron chi connectivity index (χ3n) is 10.7. The summed E-state index contributed by atoms with van der Waals surface area (Å²) in [7, 11) is 3.11. The number of aromatic nitrogens is 2. The van der Waals surface area contributed by atoms with Crippen LogP contribution in [0.25, 0.3) is 11.1 Å². The number of rotatable bonds is 23. The molecule has 0 spiro atoms. The number of hydrogen-bond acceptors (Lipinski definition) is 12. The molecule has 2 aromatic carbocycles. The van der Waals surface area contributed by atoms with Crippen molar-refractivity contribution >= 4 is 38.9 Å². The van der Waals surface area contributed by atoms with Crippen LogP contribution in [0.5, 0.6) is 23.5 Å². The molecule has 2 fully saturated rings. The molecule has 0 radical (unpaired) electrons. The van der Waals surface area contributed by atoms with Crippen LogP contribution in [0.3, 0.4) is 0 Å². The Kier molecular flexibility index (Phi) is 17.9. The zero-order valence-corrected chi connectivity index (χ0v) is 36.5. The van der Waals surface area contributed by atoms with E-state index in [0.29, 0.717) is 61.7 Å². The molecule has 0 aliphatic heterocycles. The highest BCUT2D eigenvalue weighted by Crippen LogP contribution is 2.46. The molecule has 14 nitrogen and oxygen atoms in total. The van der Waals surface area contributed by atoms with Gasteiger partial charge < -0.3 is 50.0 Å². The first-order valence-corrected chi connectivity index (χ1v) is 19.7. The van der Waals surface area contributed by atoms with Gasteiger partial charge in [-0.2, -0.15) is 37.0 Å². The quantitative estimate of drug-likeness (QED) is 0.0525. The van der Waals surface area contributed by atoms with Gasteiger partial charge in [-0.05, 0) is 96.9 Å². The van der Waals surface area contributed by atoms with E-state index in [1.165, 1.54) is 0 Å². The summed E-state index contributed by atoms with van der Waals surface area (Å²) in [5.41, 5.74) is 10.0. The molecule has 2 aliphatic rings. The van der Waals surface area contributed by atoms with E-state index >= 15 is 0 Å². The fraction of sp³-hybridized carbons (Fsp3) is 0.455. The molecular weight excluding hydrogens is 809 g/mol. The Morgan fingerprint density at radius 2 is 1.03 bits per heavy atom. The van der Waals surface area contributed by atoms with Gasteiger partial charge in [0.05, 0.1) is 39.3 Å². The molecule has 60 heavy (non-hydrogen) atoms. The van der Waals surface area contributed by atoms with Crippen molar-refractivity contribution in [2.24, 2.45) is 0 Å². The average molecular weight is 867 g/mol. The van der Waals surface area contributed by atoms with Crippen molar-refractivity contribution in [2.75, 3.05) is 27.3 Å². The largest absolute Gasteiger partial charge is 0.481 e. The van der Waals surface area contributed by atoms with Gasteiger partial charge in [0.25, 0.3) is 0 Å². The molecule has 6 N–H and O–H groups in total. The lowest BCUT2D eigenvalue weighted by molar-refractivity contribution is -0.140. The van der Waals surface area contributed by atoms with Crippen LogP contribution in [0.1, 0.15) is 94.9 Å². The van der Waals surface area contributed by atoms with Crippen molar-refractivity contribution in [1.82, 2.24) is 20.6 Å². The molecule has 326 valence electrons. The summed E-state index contributed by atoms with van der Waals surface area (Å²) in [6, 6.07) is 16.5. The Morgan fingerprint density at radius 3 is 1.37 bits per heavy atom. The van der Waals surface area contributed by atoms with Crippen LogP contribution >= 0.6 is 27.0 Å². The molecule has 0 bridgehead atoms. The second kappa shape index (κ2) is 22.3. The SMILES string of the molecule is COc1nc(OCc2cccc(-c3cccc(COc4nc(OC)c(CNC[C@@H](O)CC(=O)O)cc4C4CC4)c3C)c2C)c(C2CC2)cc1CNC[C@@H](O)CC(=O)O.S.S. The number of carboxylic acid groups (broad SMARTS) is 2. The van der Waals surface area contributed by atoms with Gasteiger partial charge in [0, 0.05) is 48.4 Å². The summed E-state index contributed by atoms with van der Waals surface area (Å²) >= 11 is 0. The molecule has 2 heterocycles. The van der Waals surface area contributed by atoms with E-state index in [9.17, 15) is 19.8 Å². The first-order chi connectivity index (χ1) is 27.9. The van der Waals surface area contributed by atoms with Crippen molar-refractivity contribution in [3.05, 3.63) is 93.0 Å². The summed E-state index contributed by atoms with van der Waals surface area (Å²) in [6.07, 6.45) is 1.51. The first-order valence-electron chi connectivity index (χ1n) is 19.7. The monoisotopic (exact) mass is 866 g/mol. The molecule has 2 atom stereocenters. The number of nitrogens with zero attached hydrogens (tertiary/aromatic N) is 2. The minimum absolute atomic E-state index is 0. The number of hydrogen-bond donors (Lipinski definition) is 6. The highest BCUT2D eigenvalue weighted by atomic mass is 32.1. The minimum Gasteiger partial charge on any atom is -0.481 e. The van der Waals surface area contributed by atoms with Crippen LogP contribution in [0.2, 0.25) is 0 Å². The predicted molar refractivity (Wildman–Crippen MR) is 236 cm³/mol. The van der Waals surface area contributed by atoms with Crippen molar-refractivity contribution in [2.45, 2.75) is 103 Å². The molecule has 4 aromatic rings. The number of carbonyl (C=O) groups is 2. The number of aliphatic carboxylic acids is 2. The molecular formula is C44H58N4O10S2. The molecule has 6 rings (SSSR count). The molecule has 16 heteroatoms. The predicted octanol–water partition coefficient (Wildman–Crippen LogP) is 5.77. The third kappa shape index (κ3) is 12.7. The van der Waals surface area contributed by atoms with Crippen LogP contribution in [-0.2, 0) is 35.9 Å². The highest BCUT2D eigenvalue weighted by Gasteiger charge is 2.31. The molecule has 0 saturated heterocycles. The number of aliphatic hydroxyl groups excluding tert-OH is 2. The lowest BCUT2D eigenvalue weighted by Gasteiger charge is -2.19. The fourth-order valence-corrected chi connectivity index (χ4v) is 7.14. The molecule has 2 aliphatic carbocycles. The molecule has 2 saturated carbocycles. The Morgan fingerprint density at radius 1 is 0.650 bits per heavy atom. The van der Waals surface area contributed by atoms with Crippen LogP contribution < -0.4 is 29.6 Å². The van der Waals surface area contributed by atoms with E-state index in [1.807, 2.05) is 24.3 Å². The lowest BCUT2D eigenvalue weighted by Crippen LogP contribution is -2.28. The number of pyridine rings is 2. The molecule has 0 amide bonds. The number of ether oxygens (including phenoxy) is 4. The third-order valence-corrected chi connectivity index (χ3v) is 10.7. The van der Waals surface area contributed by atoms with Gasteiger partial charge in [-0.3, -0.25) is 9.59 Å². The number of methoxy groups -OCH3 is 2. The summed E-state index contributed by atoms with van der Waals surface area (Å²) in [5.74, 6) is 0.468. The van der Waals surface area contributed by atoms with E-state index in [-0.39, 0.29) is 52.9 Å². The van der Waals surface area contributed by atoms with Crippen molar-refractivity contribution in [3.8, 4) is 34.6 Å². The number of nitrogens with one attached hydrogen (secondary N) is 2. The average Bonchev–Trinajstić information content (AvgIpc) is 4.12. The maximum Gasteiger partial charge on any atom is 0.306 e. The smallest absolute Gasteiger partial charge is 0.306 e. The maximum absolute atomic E-state index is 10.9. The van der Waals surface area contributed by atoms with Crippen molar-refractivity contribution in [1.29, 1.82) is 0 Å². The van der Waals surface area contributed by atoms with Crippen LogP contribution in [0.15, 0.2) is 48.5 Å². The zero-order valence-electron chi connectivity index (χ0n) is 34.5. The highest BCUT2D eigenvalue weighted by molar-refractivity contribution is 7.59. The zero-order chi connectivity index (χ0) is 41.3. The van der Waals surface area contributed by atoms with E-state index < -0.39 is 24.1 Å². The Balaban J connectivity index is 0.00000397. The normalized spacial score (nSPS) is 14.3. The van der Waals surface area contributed by atoms with E-state index in [2.05, 4.69) is 48.7 Å². The number of carboxylic acids is 2. The first kappa shape index (κ1) is 48.1. The lowest BCUT2D eigenvalue weighted by atomic mass is 9.92. The van der Waals surface area contributed by atoms with Crippen molar-refractivity contribution in [3.63, 3.8) is 0 Å². The summed E-state index contributed by atoms with van der Waals surface area (Å²) in [5, 5.41) is 44.1. The Bertz CT molecular complexity index is 1950. The molecule has 0 unspecified atom stereocenters. The topological polar surface area (TPSA) is 202 Å². The fourth-order valence-electron chi connectivity index (χ4n) is 7.14. The van der Waals surface area contributed by atoms with Crippen LogP contribution in [0.4, 0.5) is 0 Å². The maximum atomic E-state index is 10.9. The second-order valence-electron chi connectivity index (χ2n) is 15.2. The van der Waals surface area contributed by atoms with Gasteiger partial charge in [0.15, 0.2) is 0 Å². The number of aliphatic hydroxyl groups is 2. The van der Waals surface area contributed by atoms with Gasteiger partial charge in [-0.15, -0.1) is 0 Å². The summed E-state index contributed by atoms with van der Waals surface area (Å²) in [6.45, 7) is 5.79. The second-order valence-corrected chi connectivity index (χ2v) is 15.2. The minimum atomic E-state index is -1.05. The van der Waals surface area contributed by atoms with Gasteiger partial charge in [-0.1, -0.05) is 36.4 Å². The standard InChI is InChI=1S/C44H54N4O10.2H2S/c1-25-29(23-57-43-37(27-11-12-27)15-31(41(47-43)55-3)19-45-21-33(49)17-39(51)52)7-5-9-35(25)36-10-6-8-30(26(36)2)24-58-44-38(28-13-14-28)16-32(42(48-44)56-4)20-46-22-34(50)18-40(53)54;;/h5-10,15-16,27-28,33-34,45-46,49-50H,11-14,17-24H2,1-4H3,(H,51,52)(H,53,54);2*1H2/t33-,34-;;/m0../s1. The van der Waals surface area contributed by atoms with Gasteiger partial charge in [0.2, 0.25) is 23.5 Å². The van der Waals surface area contributed by atoms with Gasteiger partial charge in [-0.25, -0.2) is 0 Å². The number of benzene rings is 2. The van der Waals surface area contributed by atoms with E-state index in [1.54, 1.807) is 14.2 Å². The van der Waals surface area contributed by atoms with Crippen LogP contribution in [0, 0.1) is 13.8 Å². The molecule has 2 aromatic heterocycles. The van der Waals surface area contributed by atoms with Gasteiger partial charge in [0.1, 0.15) is 13.2 Å². The Labute approximate surface area is 364 Å². The van der Waals surface area contributed by atoms with Crippen LogP contribution in [-0.4, -0.2) is 81.8 Å². The summed E-state index contributed by atoms with van der Waals surface area (Å²) < 4.78 is 24.1. The Hall–Kier alpha value is -4.58. The van der Waals surface area contributed by atoms with Gasteiger partial charge >= 0.3 is 11.9 Å². The van der Waals surface area contributed by atoms with E-state index in [4.69, 9.17) is 39.1 Å². The van der Waals surface area contributed by atoms with Crippen molar-refractivity contribution < 1.29 is 49.0 Å². The summed E-state index contributed by atoms with van der Waals surface area (Å²) in [4.78, 5) is 31.4.